The maximum absolute atomic E-state index is 13.9. The third kappa shape index (κ3) is 4.89. The molecule has 0 radical (unpaired) electrons. The molecule has 38 heavy (non-hydrogen) atoms. The Bertz CT molecular complexity index is 1430. The molecule has 6 rings (SSSR count). The van der Waals surface area contributed by atoms with Gasteiger partial charge in [0.05, 0.1) is 31.0 Å². The number of rotatable bonds is 6. The van der Waals surface area contributed by atoms with Crippen LogP contribution in [0.3, 0.4) is 0 Å². The molecule has 194 valence electrons. The molecule has 0 bridgehead atoms. The van der Waals surface area contributed by atoms with Crippen molar-refractivity contribution in [3.05, 3.63) is 95.8 Å². The highest BCUT2D eigenvalue weighted by molar-refractivity contribution is 5.97. The lowest BCUT2D eigenvalue weighted by Gasteiger charge is -2.22. The number of aromatic nitrogens is 2. The number of fused-ring (bicyclic) bond motifs is 1. The SMILES string of the molecule is Cc1ccccc1-c1cc2c(c(OC[C@@H]3CCOC3)c1)OCCN(C(=O)c1ccccc1-n1cccn1)C2. The molecule has 1 saturated heterocycles. The minimum atomic E-state index is -0.0561. The van der Waals surface area contributed by atoms with Gasteiger partial charge in [-0.1, -0.05) is 36.4 Å². The van der Waals surface area contributed by atoms with Gasteiger partial charge in [-0.15, -0.1) is 0 Å². The smallest absolute Gasteiger partial charge is 0.256 e. The Labute approximate surface area is 222 Å². The summed E-state index contributed by atoms with van der Waals surface area (Å²) in [6, 6.07) is 21.9. The molecule has 0 N–H and O–H groups in total. The van der Waals surface area contributed by atoms with Crippen molar-refractivity contribution in [2.75, 3.05) is 33.0 Å². The predicted octanol–water partition coefficient (Wildman–Crippen LogP) is 5.30. The number of carbonyl (C=O) groups is 1. The maximum atomic E-state index is 13.9. The van der Waals surface area contributed by atoms with Crippen LogP contribution in [-0.2, 0) is 11.3 Å². The molecule has 0 saturated carbocycles. The van der Waals surface area contributed by atoms with Gasteiger partial charge in [-0.25, -0.2) is 4.68 Å². The third-order valence-corrected chi connectivity index (χ3v) is 7.23. The van der Waals surface area contributed by atoms with E-state index in [0.29, 0.717) is 37.8 Å². The lowest BCUT2D eigenvalue weighted by Crippen LogP contribution is -2.33. The van der Waals surface area contributed by atoms with Crippen LogP contribution in [0.5, 0.6) is 11.5 Å². The number of hydrogen-bond donors (Lipinski definition) is 0. The standard InChI is InChI=1S/C31H31N3O4/c1-22-7-2-3-8-26(22)24-17-25-19-33(31(35)27-9-4-5-10-28(27)34-13-6-12-32-34)14-16-37-30(25)29(18-24)38-21-23-11-15-36-20-23/h2-10,12-13,17-18,23H,11,14-16,19-21H2,1H3/t23-/m1/s1. The molecule has 1 aromatic heterocycles. The second-order valence-electron chi connectivity index (χ2n) is 9.86. The van der Waals surface area contributed by atoms with Gasteiger partial charge >= 0.3 is 0 Å². The van der Waals surface area contributed by atoms with E-state index in [4.69, 9.17) is 14.2 Å². The normalized spacial score (nSPS) is 17.0. The topological polar surface area (TPSA) is 65.8 Å². The van der Waals surface area contributed by atoms with Crippen LogP contribution < -0.4 is 9.47 Å². The Balaban J connectivity index is 1.36. The Morgan fingerprint density at radius 3 is 2.76 bits per heavy atom. The van der Waals surface area contributed by atoms with E-state index in [1.165, 1.54) is 5.56 Å². The lowest BCUT2D eigenvalue weighted by molar-refractivity contribution is 0.0733. The Morgan fingerprint density at radius 2 is 1.95 bits per heavy atom. The third-order valence-electron chi connectivity index (χ3n) is 7.23. The van der Waals surface area contributed by atoms with Crippen molar-refractivity contribution in [2.24, 2.45) is 5.92 Å². The van der Waals surface area contributed by atoms with Crippen molar-refractivity contribution >= 4 is 5.91 Å². The Morgan fingerprint density at radius 1 is 1.08 bits per heavy atom. The van der Waals surface area contributed by atoms with E-state index in [2.05, 4.69) is 36.3 Å². The summed E-state index contributed by atoms with van der Waals surface area (Å²) in [5, 5.41) is 4.34. The average Bonchev–Trinajstić information content (AvgIpc) is 3.63. The summed E-state index contributed by atoms with van der Waals surface area (Å²) in [4.78, 5) is 15.7. The molecule has 3 aromatic carbocycles. The van der Waals surface area contributed by atoms with Crippen LogP contribution in [0.4, 0.5) is 0 Å². The fraction of sp³-hybridized carbons (Fsp3) is 0.290. The first kappa shape index (κ1) is 24.2. The van der Waals surface area contributed by atoms with Crippen molar-refractivity contribution in [1.82, 2.24) is 14.7 Å². The zero-order chi connectivity index (χ0) is 25.9. The van der Waals surface area contributed by atoms with E-state index >= 15 is 0 Å². The number of amides is 1. The number of hydrogen-bond acceptors (Lipinski definition) is 5. The van der Waals surface area contributed by atoms with Gasteiger partial charge in [-0.3, -0.25) is 4.79 Å². The number of para-hydroxylation sites is 1. The maximum Gasteiger partial charge on any atom is 0.256 e. The fourth-order valence-corrected chi connectivity index (χ4v) is 5.17. The van der Waals surface area contributed by atoms with Gasteiger partial charge in [-0.2, -0.15) is 5.10 Å². The van der Waals surface area contributed by atoms with Gasteiger partial charge < -0.3 is 19.1 Å². The number of aryl methyl sites for hydroxylation is 1. The van der Waals surface area contributed by atoms with Gasteiger partial charge in [-0.05, 0) is 60.4 Å². The molecule has 2 aliphatic heterocycles. The Hall–Kier alpha value is -4.10. The average molecular weight is 510 g/mol. The first-order chi connectivity index (χ1) is 18.7. The van der Waals surface area contributed by atoms with Gasteiger partial charge in [0, 0.05) is 37.0 Å². The largest absolute Gasteiger partial charge is 0.489 e. The van der Waals surface area contributed by atoms with Crippen LogP contribution in [-0.4, -0.2) is 53.6 Å². The van der Waals surface area contributed by atoms with E-state index in [1.807, 2.05) is 53.6 Å². The lowest BCUT2D eigenvalue weighted by atomic mass is 9.97. The number of ether oxygens (including phenoxy) is 3. The summed E-state index contributed by atoms with van der Waals surface area (Å²) < 4.78 is 19.9. The molecule has 4 aromatic rings. The van der Waals surface area contributed by atoms with E-state index in [1.54, 1.807) is 10.9 Å². The van der Waals surface area contributed by atoms with Crippen LogP contribution in [0.1, 0.15) is 27.9 Å². The molecule has 0 spiro atoms. The minimum absolute atomic E-state index is 0.0561. The zero-order valence-electron chi connectivity index (χ0n) is 21.5. The number of carbonyl (C=O) groups excluding carboxylic acids is 1. The van der Waals surface area contributed by atoms with Gasteiger partial charge in [0.25, 0.3) is 5.91 Å². The minimum Gasteiger partial charge on any atom is -0.489 e. The van der Waals surface area contributed by atoms with E-state index in [-0.39, 0.29) is 5.91 Å². The molecule has 2 aliphatic rings. The van der Waals surface area contributed by atoms with Crippen molar-refractivity contribution < 1.29 is 19.0 Å². The molecule has 7 heteroatoms. The first-order valence-electron chi connectivity index (χ1n) is 13.1. The second-order valence-corrected chi connectivity index (χ2v) is 9.86. The van der Waals surface area contributed by atoms with Gasteiger partial charge in [0.2, 0.25) is 0 Å². The van der Waals surface area contributed by atoms with Crippen LogP contribution >= 0.6 is 0 Å². The second kappa shape index (κ2) is 10.7. The van der Waals surface area contributed by atoms with E-state index in [0.717, 1.165) is 53.5 Å². The van der Waals surface area contributed by atoms with Gasteiger partial charge in [0.1, 0.15) is 6.61 Å². The number of benzene rings is 3. The summed E-state index contributed by atoms with van der Waals surface area (Å²) in [5.74, 6) is 1.76. The van der Waals surface area contributed by atoms with Crippen LogP contribution in [0, 0.1) is 12.8 Å². The molecule has 1 fully saturated rings. The highest BCUT2D eigenvalue weighted by atomic mass is 16.5. The summed E-state index contributed by atoms with van der Waals surface area (Å²) >= 11 is 0. The van der Waals surface area contributed by atoms with Gasteiger partial charge in [0.15, 0.2) is 11.5 Å². The van der Waals surface area contributed by atoms with Crippen molar-refractivity contribution in [3.8, 4) is 28.3 Å². The summed E-state index contributed by atoms with van der Waals surface area (Å²) in [5.41, 5.74) is 5.66. The molecular weight excluding hydrogens is 478 g/mol. The summed E-state index contributed by atoms with van der Waals surface area (Å²) in [6.45, 7) is 5.46. The first-order valence-corrected chi connectivity index (χ1v) is 13.1. The van der Waals surface area contributed by atoms with Crippen LogP contribution in [0.15, 0.2) is 79.1 Å². The van der Waals surface area contributed by atoms with Crippen molar-refractivity contribution in [2.45, 2.75) is 19.9 Å². The molecule has 7 nitrogen and oxygen atoms in total. The van der Waals surface area contributed by atoms with E-state index in [9.17, 15) is 4.79 Å². The molecule has 1 atom stereocenters. The molecule has 0 aliphatic carbocycles. The van der Waals surface area contributed by atoms with Crippen LogP contribution in [0.2, 0.25) is 0 Å². The fourth-order valence-electron chi connectivity index (χ4n) is 5.17. The molecule has 3 heterocycles. The zero-order valence-corrected chi connectivity index (χ0v) is 21.5. The van der Waals surface area contributed by atoms with Crippen molar-refractivity contribution in [3.63, 3.8) is 0 Å². The quantitative estimate of drug-likeness (QED) is 0.353. The van der Waals surface area contributed by atoms with Crippen molar-refractivity contribution in [1.29, 1.82) is 0 Å². The molecular formula is C31H31N3O4. The monoisotopic (exact) mass is 509 g/mol. The summed E-state index contributed by atoms with van der Waals surface area (Å²) in [6.07, 6.45) is 4.56. The summed E-state index contributed by atoms with van der Waals surface area (Å²) in [7, 11) is 0. The molecule has 1 amide bonds. The Kier molecular flexibility index (Phi) is 6.84. The van der Waals surface area contributed by atoms with E-state index < -0.39 is 0 Å². The highest BCUT2D eigenvalue weighted by Crippen LogP contribution is 2.40. The number of nitrogens with zero attached hydrogens (tertiary/aromatic N) is 3. The van der Waals surface area contributed by atoms with Crippen LogP contribution in [0.25, 0.3) is 16.8 Å². The highest BCUT2D eigenvalue weighted by Gasteiger charge is 2.27. The molecule has 0 unspecified atom stereocenters. The predicted molar refractivity (Wildman–Crippen MR) is 145 cm³/mol.